The molecule has 1 aromatic carbocycles. The standard InChI is InChI=1S/C15H18Cl2N2O2S/c1-9(2)19-14(13(8-21-4)18(3)15(19)20)22-12-6-10(16)5-11(17)7-12/h5-7,9H,8H2,1-4H3. The van der Waals surface area contributed by atoms with Crippen molar-refractivity contribution in [3.63, 3.8) is 0 Å². The largest absolute Gasteiger partial charge is 0.378 e. The van der Waals surface area contributed by atoms with Crippen molar-refractivity contribution in [2.24, 2.45) is 7.05 Å². The third-order valence-electron chi connectivity index (χ3n) is 3.21. The van der Waals surface area contributed by atoms with Crippen molar-refractivity contribution >= 4 is 35.0 Å². The molecule has 0 saturated heterocycles. The Balaban J connectivity index is 2.57. The van der Waals surface area contributed by atoms with Gasteiger partial charge in [-0.05, 0) is 32.0 Å². The number of halogens is 2. The number of hydrogen-bond acceptors (Lipinski definition) is 3. The average molecular weight is 361 g/mol. The van der Waals surface area contributed by atoms with Crippen molar-refractivity contribution in [2.45, 2.75) is 36.4 Å². The van der Waals surface area contributed by atoms with Crippen LogP contribution < -0.4 is 5.69 Å². The SMILES string of the molecule is COCc1c(Sc2cc(Cl)cc(Cl)c2)n(C(C)C)c(=O)n1C. The maximum Gasteiger partial charge on any atom is 0.329 e. The molecular weight excluding hydrogens is 343 g/mol. The highest BCUT2D eigenvalue weighted by molar-refractivity contribution is 7.99. The van der Waals surface area contributed by atoms with Crippen LogP contribution in [0.1, 0.15) is 25.6 Å². The molecule has 0 spiro atoms. The van der Waals surface area contributed by atoms with Crippen LogP contribution >= 0.6 is 35.0 Å². The zero-order valence-corrected chi connectivity index (χ0v) is 15.2. The molecule has 2 rings (SSSR count). The fourth-order valence-corrected chi connectivity index (χ4v) is 4.16. The monoisotopic (exact) mass is 360 g/mol. The third kappa shape index (κ3) is 3.54. The van der Waals surface area contributed by atoms with E-state index in [0.717, 1.165) is 15.6 Å². The van der Waals surface area contributed by atoms with Gasteiger partial charge in [-0.25, -0.2) is 4.79 Å². The number of nitrogens with zero attached hydrogens (tertiary/aromatic N) is 2. The Morgan fingerprint density at radius 1 is 1.23 bits per heavy atom. The predicted octanol–water partition coefficient (Wildman–Crippen LogP) is 4.37. The zero-order valence-electron chi connectivity index (χ0n) is 12.9. The summed E-state index contributed by atoms with van der Waals surface area (Å²) in [7, 11) is 3.37. The summed E-state index contributed by atoms with van der Waals surface area (Å²) >= 11 is 13.6. The molecule has 0 bridgehead atoms. The van der Waals surface area contributed by atoms with Gasteiger partial charge in [-0.2, -0.15) is 0 Å². The number of methoxy groups -OCH3 is 1. The van der Waals surface area contributed by atoms with Crippen LogP contribution in [0.3, 0.4) is 0 Å². The van der Waals surface area contributed by atoms with Gasteiger partial charge in [0, 0.05) is 35.1 Å². The number of benzene rings is 1. The van der Waals surface area contributed by atoms with Crippen LogP contribution in [0.4, 0.5) is 0 Å². The van der Waals surface area contributed by atoms with Gasteiger partial charge in [0.15, 0.2) is 0 Å². The van der Waals surface area contributed by atoms with E-state index in [1.165, 1.54) is 11.8 Å². The molecule has 0 N–H and O–H groups in total. The molecule has 0 unspecified atom stereocenters. The molecule has 2 aromatic rings. The van der Waals surface area contributed by atoms with E-state index < -0.39 is 0 Å². The molecule has 0 aliphatic heterocycles. The topological polar surface area (TPSA) is 36.2 Å². The smallest absolute Gasteiger partial charge is 0.329 e. The second-order valence-corrected chi connectivity index (χ2v) is 7.13. The summed E-state index contributed by atoms with van der Waals surface area (Å²) in [5, 5.41) is 1.98. The summed E-state index contributed by atoms with van der Waals surface area (Å²) in [4.78, 5) is 13.3. The number of hydrogen-bond donors (Lipinski definition) is 0. The maximum atomic E-state index is 12.5. The first-order valence-electron chi connectivity index (χ1n) is 6.78. The fraction of sp³-hybridized carbons (Fsp3) is 0.400. The number of ether oxygens (including phenoxy) is 1. The summed E-state index contributed by atoms with van der Waals surface area (Å²) in [5.74, 6) is 0. The summed E-state index contributed by atoms with van der Waals surface area (Å²) in [6, 6.07) is 5.39. The van der Waals surface area contributed by atoms with Crippen LogP contribution in [-0.4, -0.2) is 16.2 Å². The van der Waals surface area contributed by atoms with Crippen LogP contribution in [0.25, 0.3) is 0 Å². The van der Waals surface area contributed by atoms with Crippen LogP contribution in [-0.2, 0) is 18.4 Å². The Morgan fingerprint density at radius 2 is 1.82 bits per heavy atom. The lowest BCUT2D eigenvalue weighted by Crippen LogP contribution is -2.24. The van der Waals surface area contributed by atoms with Gasteiger partial charge >= 0.3 is 5.69 Å². The van der Waals surface area contributed by atoms with Gasteiger partial charge in [-0.15, -0.1) is 0 Å². The molecule has 0 aliphatic carbocycles. The van der Waals surface area contributed by atoms with Gasteiger partial charge in [-0.1, -0.05) is 35.0 Å². The molecule has 0 atom stereocenters. The zero-order chi connectivity index (χ0) is 16.4. The van der Waals surface area contributed by atoms with Crippen LogP contribution in [0.5, 0.6) is 0 Å². The van der Waals surface area contributed by atoms with Crippen molar-refractivity contribution in [1.29, 1.82) is 0 Å². The molecule has 0 saturated carbocycles. The molecule has 4 nitrogen and oxygen atoms in total. The van der Waals surface area contributed by atoms with E-state index in [4.69, 9.17) is 27.9 Å². The lowest BCUT2D eigenvalue weighted by molar-refractivity contribution is 0.176. The molecule has 0 amide bonds. The predicted molar refractivity (Wildman–Crippen MR) is 91.4 cm³/mol. The quantitative estimate of drug-likeness (QED) is 0.793. The van der Waals surface area contributed by atoms with E-state index in [0.29, 0.717) is 16.7 Å². The molecule has 7 heteroatoms. The highest BCUT2D eigenvalue weighted by Crippen LogP contribution is 2.35. The van der Waals surface area contributed by atoms with E-state index in [2.05, 4.69) is 0 Å². The van der Waals surface area contributed by atoms with Crippen molar-refractivity contribution in [3.05, 3.63) is 44.4 Å². The summed E-state index contributed by atoms with van der Waals surface area (Å²) in [6.45, 7) is 4.32. The van der Waals surface area contributed by atoms with Gasteiger partial charge < -0.3 is 4.74 Å². The van der Waals surface area contributed by atoms with E-state index in [9.17, 15) is 4.79 Å². The second kappa shape index (κ2) is 7.13. The molecular formula is C15H18Cl2N2O2S. The highest BCUT2D eigenvalue weighted by Gasteiger charge is 2.20. The van der Waals surface area contributed by atoms with Crippen molar-refractivity contribution < 1.29 is 4.74 Å². The molecule has 0 fully saturated rings. The number of rotatable bonds is 5. The molecule has 0 aliphatic rings. The Hall–Kier alpha value is -0.880. The first-order chi connectivity index (χ1) is 10.3. The minimum Gasteiger partial charge on any atom is -0.378 e. The Bertz CT molecular complexity index is 718. The minimum absolute atomic E-state index is 0.0430. The van der Waals surface area contributed by atoms with Crippen LogP contribution in [0, 0.1) is 0 Å². The van der Waals surface area contributed by atoms with E-state index in [1.54, 1.807) is 29.4 Å². The second-order valence-electron chi connectivity index (χ2n) is 5.20. The molecule has 1 heterocycles. The average Bonchev–Trinajstić information content (AvgIpc) is 2.63. The summed E-state index contributed by atoms with van der Waals surface area (Å²) in [6.07, 6.45) is 0. The van der Waals surface area contributed by atoms with Gasteiger partial charge in [0.2, 0.25) is 0 Å². The van der Waals surface area contributed by atoms with Gasteiger partial charge in [0.05, 0.1) is 12.3 Å². The third-order valence-corrected chi connectivity index (χ3v) is 4.75. The van der Waals surface area contributed by atoms with Crippen molar-refractivity contribution in [3.8, 4) is 0 Å². The normalized spacial score (nSPS) is 11.4. The first-order valence-corrected chi connectivity index (χ1v) is 8.35. The lowest BCUT2D eigenvalue weighted by Gasteiger charge is -2.12. The van der Waals surface area contributed by atoms with Gasteiger partial charge in [0.25, 0.3) is 0 Å². The maximum absolute atomic E-state index is 12.5. The lowest BCUT2D eigenvalue weighted by atomic mass is 10.4. The summed E-state index contributed by atoms with van der Waals surface area (Å²) in [5.41, 5.74) is 0.778. The summed E-state index contributed by atoms with van der Waals surface area (Å²) < 4.78 is 8.62. The van der Waals surface area contributed by atoms with Gasteiger partial charge in [0.1, 0.15) is 5.03 Å². The van der Waals surface area contributed by atoms with E-state index in [1.807, 2.05) is 26.0 Å². The highest BCUT2D eigenvalue weighted by atomic mass is 35.5. The van der Waals surface area contributed by atoms with Crippen molar-refractivity contribution in [1.82, 2.24) is 9.13 Å². The first kappa shape index (κ1) is 17.5. The van der Waals surface area contributed by atoms with Crippen molar-refractivity contribution in [2.75, 3.05) is 7.11 Å². The molecule has 22 heavy (non-hydrogen) atoms. The van der Waals surface area contributed by atoms with Crippen LogP contribution in [0.2, 0.25) is 10.0 Å². The number of aromatic nitrogens is 2. The Labute approximate surface area is 144 Å². The number of imidazole rings is 1. The minimum atomic E-state index is -0.0577. The van der Waals surface area contributed by atoms with Crippen LogP contribution in [0.15, 0.2) is 32.9 Å². The Morgan fingerprint density at radius 3 is 2.32 bits per heavy atom. The van der Waals surface area contributed by atoms with E-state index >= 15 is 0 Å². The molecule has 120 valence electrons. The fourth-order valence-electron chi connectivity index (χ4n) is 2.20. The van der Waals surface area contributed by atoms with Gasteiger partial charge in [-0.3, -0.25) is 9.13 Å². The Kier molecular flexibility index (Phi) is 5.66. The van der Waals surface area contributed by atoms with E-state index in [-0.39, 0.29) is 11.7 Å². The molecule has 0 radical (unpaired) electrons. The molecule has 1 aromatic heterocycles.